The fraction of sp³-hybridized carbons (Fsp3) is 0.103. The average molecular weight is 505 g/mol. The van der Waals surface area contributed by atoms with Gasteiger partial charge < -0.3 is 11.1 Å². The number of benzene rings is 3. The maximum atomic E-state index is 14.3. The molecule has 3 aromatic heterocycles. The number of hydrogen-bond acceptors (Lipinski definition) is 7. The zero-order chi connectivity index (χ0) is 25.4. The topological polar surface area (TPSA) is 98.7 Å². The molecule has 37 heavy (non-hydrogen) atoms. The van der Waals surface area contributed by atoms with Crippen molar-refractivity contribution < 1.29 is 0 Å². The molecule has 0 aliphatic carbocycles. The number of fused-ring (bicyclic) bond motifs is 2. The number of hydrogen-bond donors (Lipinski definition) is 2. The van der Waals surface area contributed by atoms with Crippen LogP contribution in [0.5, 0.6) is 0 Å². The lowest BCUT2D eigenvalue weighted by Crippen LogP contribution is -2.26. The summed E-state index contributed by atoms with van der Waals surface area (Å²) in [5.74, 6) is 0.637. The Morgan fingerprint density at radius 3 is 2.65 bits per heavy atom. The normalized spacial score (nSPS) is 12.2. The van der Waals surface area contributed by atoms with Gasteiger partial charge in [-0.05, 0) is 53.3 Å². The van der Waals surface area contributed by atoms with Crippen molar-refractivity contribution >= 4 is 38.3 Å². The molecule has 1 atom stereocenters. The molecule has 8 heteroatoms. The Balaban J connectivity index is 1.57. The van der Waals surface area contributed by atoms with Crippen molar-refractivity contribution in [3.05, 3.63) is 112 Å². The Morgan fingerprint density at radius 2 is 1.81 bits per heavy atom. The molecule has 0 spiro atoms. The molecule has 0 amide bonds. The van der Waals surface area contributed by atoms with Crippen LogP contribution in [0.15, 0.2) is 95.5 Å². The SMILES string of the molecule is C[C@H](Nc1ncnc2scnc12)c1cc2cccc(-c3cccc(CN)c3)c2c(=O)n1-c1ccccc1. The molecule has 3 heterocycles. The van der Waals surface area contributed by atoms with Crippen molar-refractivity contribution in [2.45, 2.75) is 19.5 Å². The van der Waals surface area contributed by atoms with Crippen molar-refractivity contribution in [3.63, 3.8) is 0 Å². The Labute approximate surface area is 217 Å². The first-order chi connectivity index (χ1) is 18.1. The molecule has 0 fully saturated rings. The summed E-state index contributed by atoms with van der Waals surface area (Å²) >= 11 is 1.47. The first kappa shape index (κ1) is 23.0. The highest BCUT2D eigenvalue weighted by molar-refractivity contribution is 7.16. The first-order valence-corrected chi connectivity index (χ1v) is 12.9. The molecule has 0 saturated heterocycles. The molecule has 7 nitrogen and oxygen atoms in total. The predicted molar refractivity (Wildman–Crippen MR) is 150 cm³/mol. The van der Waals surface area contributed by atoms with E-state index in [0.717, 1.165) is 43.8 Å². The molecule has 182 valence electrons. The lowest BCUT2D eigenvalue weighted by molar-refractivity contribution is 0.774. The lowest BCUT2D eigenvalue weighted by Gasteiger charge is -2.22. The number of rotatable bonds is 6. The van der Waals surface area contributed by atoms with Crippen molar-refractivity contribution in [2.75, 3.05) is 5.32 Å². The molecule has 0 saturated carbocycles. The Hall–Kier alpha value is -4.40. The molecule has 0 bridgehead atoms. The minimum absolute atomic E-state index is 0.0809. The summed E-state index contributed by atoms with van der Waals surface area (Å²) < 4.78 is 1.79. The summed E-state index contributed by atoms with van der Waals surface area (Å²) in [5, 5.41) is 5.01. The third-order valence-corrected chi connectivity index (χ3v) is 7.23. The van der Waals surface area contributed by atoms with Crippen LogP contribution in [0.25, 0.3) is 37.9 Å². The quantitative estimate of drug-likeness (QED) is 0.302. The number of aromatic nitrogens is 4. The van der Waals surface area contributed by atoms with E-state index in [2.05, 4.69) is 26.3 Å². The number of thiazole rings is 1. The molecule has 0 unspecified atom stereocenters. The number of nitrogens with two attached hydrogens (primary N) is 1. The molecule has 6 rings (SSSR count). The summed E-state index contributed by atoms with van der Waals surface area (Å²) in [7, 11) is 0. The molecule has 0 aliphatic rings. The van der Waals surface area contributed by atoms with E-state index in [-0.39, 0.29) is 11.6 Å². The molecule has 0 aliphatic heterocycles. The van der Waals surface area contributed by atoms with Crippen molar-refractivity contribution in [1.29, 1.82) is 0 Å². The number of para-hydroxylation sites is 1. The maximum absolute atomic E-state index is 14.3. The fourth-order valence-corrected chi connectivity index (χ4v) is 5.36. The zero-order valence-electron chi connectivity index (χ0n) is 20.1. The van der Waals surface area contributed by atoms with E-state index in [9.17, 15) is 4.79 Å². The van der Waals surface area contributed by atoms with Crippen LogP contribution in [0.2, 0.25) is 0 Å². The minimum Gasteiger partial charge on any atom is -0.360 e. The Kier molecular flexibility index (Phi) is 5.96. The van der Waals surface area contributed by atoms with E-state index >= 15 is 0 Å². The van der Waals surface area contributed by atoms with Crippen molar-refractivity contribution in [1.82, 2.24) is 19.5 Å². The Morgan fingerprint density at radius 1 is 0.973 bits per heavy atom. The summed E-state index contributed by atoms with van der Waals surface area (Å²) in [6.07, 6.45) is 1.53. The van der Waals surface area contributed by atoms with E-state index in [4.69, 9.17) is 5.73 Å². The van der Waals surface area contributed by atoms with Gasteiger partial charge in [-0.2, -0.15) is 0 Å². The van der Waals surface area contributed by atoms with Gasteiger partial charge in [-0.25, -0.2) is 15.0 Å². The fourth-order valence-electron chi connectivity index (χ4n) is 4.73. The highest BCUT2D eigenvalue weighted by atomic mass is 32.1. The second-order valence-electron chi connectivity index (χ2n) is 8.81. The van der Waals surface area contributed by atoms with E-state index < -0.39 is 0 Å². The molecule has 3 N–H and O–H groups in total. The molecular weight excluding hydrogens is 480 g/mol. The van der Waals surface area contributed by atoms with E-state index in [1.807, 2.05) is 79.7 Å². The Bertz CT molecular complexity index is 1790. The van der Waals surface area contributed by atoms with Gasteiger partial charge in [0.25, 0.3) is 5.56 Å². The van der Waals surface area contributed by atoms with Gasteiger partial charge in [-0.15, -0.1) is 11.3 Å². The van der Waals surface area contributed by atoms with E-state index in [1.54, 1.807) is 10.1 Å². The number of nitrogens with zero attached hydrogens (tertiary/aromatic N) is 4. The van der Waals surface area contributed by atoms with Gasteiger partial charge in [0.1, 0.15) is 16.7 Å². The van der Waals surface area contributed by atoms with Crippen LogP contribution < -0.4 is 16.6 Å². The molecule has 6 aromatic rings. The second-order valence-corrected chi connectivity index (χ2v) is 9.65. The maximum Gasteiger partial charge on any atom is 0.263 e. The lowest BCUT2D eigenvalue weighted by atomic mass is 9.96. The van der Waals surface area contributed by atoms with Crippen LogP contribution in [-0.4, -0.2) is 19.5 Å². The molecule has 0 radical (unpaired) electrons. The number of pyridine rings is 1. The predicted octanol–water partition coefficient (Wildman–Crippen LogP) is 5.69. The van der Waals surface area contributed by atoms with Crippen LogP contribution in [0.3, 0.4) is 0 Å². The van der Waals surface area contributed by atoms with Gasteiger partial charge in [-0.3, -0.25) is 9.36 Å². The summed E-state index contributed by atoms with van der Waals surface area (Å²) in [4.78, 5) is 28.3. The van der Waals surface area contributed by atoms with Crippen LogP contribution in [0.1, 0.15) is 24.2 Å². The summed E-state index contributed by atoms with van der Waals surface area (Å²) in [5.41, 5.74) is 12.8. The van der Waals surface area contributed by atoms with E-state index in [1.165, 1.54) is 17.7 Å². The van der Waals surface area contributed by atoms with Gasteiger partial charge in [0.15, 0.2) is 5.82 Å². The number of nitrogens with one attached hydrogen (secondary N) is 1. The van der Waals surface area contributed by atoms with Crippen LogP contribution in [0.4, 0.5) is 5.82 Å². The van der Waals surface area contributed by atoms with Crippen molar-refractivity contribution in [3.8, 4) is 16.8 Å². The smallest absolute Gasteiger partial charge is 0.263 e. The van der Waals surface area contributed by atoms with E-state index in [0.29, 0.717) is 17.7 Å². The minimum atomic E-state index is -0.249. The standard InChI is InChI=1S/C29H24N6OS/c1-18(34-27-26-28(32-16-31-27)37-17-33-26)24-14-21-9-6-12-23(20-8-5-7-19(13-20)15-30)25(21)29(36)35(24)22-10-3-2-4-11-22/h2-14,16-18H,15,30H2,1H3,(H,31,32,34)/t18-/m0/s1. The zero-order valence-corrected chi connectivity index (χ0v) is 20.9. The summed E-state index contributed by atoms with van der Waals surface area (Å²) in [6, 6.07) is 25.6. The molecule has 3 aromatic carbocycles. The largest absolute Gasteiger partial charge is 0.360 e. The van der Waals surface area contributed by atoms with Crippen LogP contribution in [-0.2, 0) is 6.54 Å². The third-order valence-electron chi connectivity index (χ3n) is 6.50. The molecular formula is C29H24N6OS. The van der Waals surface area contributed by atoms with Gasteiger partial charge >= 0.3 is 0 Å². The average Bonchev–Trinajstić information content (AvgIpc) is 3.43. The number of anilines is 1. The van der Waals surface area contributed by atoms with Crippen LogP contribution in [0, 0.1) is 0 Å². The summed E-state index contributed by atoms with van der Waals surface area (Å²) in [6.45, 7) is 2.46. The monoisotopic (exact) mass is 504 g/mol. The van der Waals surface area contributed by atoms with Gasteiger partial charge in [0.2, 0.25) is 0 Å². The van der Waals surface area contributed by atoms with Crippen molar-refractivity contribution in [2.24, 2.45) is 5.73 Å². The van der Waals surface area contributed by atoms with Gasteiger partial charge in [0, 0.05) is 17.9 Å². The van der Waals surface area contributed by atoms with Crippen LogP contribution >= 0.6 is 11.3 Å². The third kappa shape index (κ3) is 4.16. The second kappa shape index (κ2) is 9.57. The van der Waals surface area contributed by atoms with Gasteiger partial charge in [-0.1, -0.05) is 54.6 Å². The van der Waals surface area contributed by atoms with Gasteiger partial charge in [0.05, 0.1) is 16.9 Å². The highest BCUT2D eigenvalue weighted by Gasteiger charge is 2.20. The highest BCUT2D eigenvalue weighted by Crippen LogP contribution is 2.31. The first-order valence-electron chi connectivity index (χ1n) is 12.0.